The zero-order valence-corrected chi connectivity index (χ0v) is 14.7. The van der Waals surface area contributed by atoms with Gasteiger partial charge >= 0.3 is 6.03 Å². The highest BCUT2D eigenvalue weighted by Gasteiger charge is 2.22. The maximum atomic E-state index is 12.6. The lowest BCUT2D eigenvalue weighted by molar-refractivity contribution is 0.208. The second kappa shape index (κ2) is 7.00. The van der Waals surface area contributed by atoms with Gasteiger partial charge in [0.15, 0.2) is 0 Å². The van der Waals surface area contributed by atoms with Crippen molar-refractivity contribution < 1.29 is 9.53 Å². The molecule has 0 aliphatic carbocycles. The Kier molecular flexibility index (Phi) is 4.39. The Bertz CT molecular complexity index is 896. The van der Waals surface area contributed by atoms with E-state index in [1.165, 1.54) is 0 Å². The van der Waals surface area contributed by atoms with Crippen LogP contribution < -0.4 is 15.0 Å². The second-order valence-corrected chi connectivity index (χ2v) is 6.35. The monoisotopic (exact) mass is 350 g/mol. The van der Waals surface area contributed by atoms with Crippen molar-refractivity contribution in [3.05, 3.63) is 54.7 Å². The maximum absolute atomic E-state index is 12.6. The summed E-state index contributed by atoms with van der Waals surface area (Å²) < 4.78 is 5.20. The van der Waals surface area contributed by atoms with Crippen LogP contribution in [0, 0.1) is 0 Å². The number of benzene rings is 2. The number of hydrogen-bond donors (Lipinski definition) is 2. The Morgan fingerprint density at radius 1 is 1.04 bits per heavy atom. The van der Waals surface area contributed by atoms with E-state index >= 15 is 0 Å². The van der Waals surface area contributed by atoms with Gasteiger partial charge in [0, 0.05) is 49.0 Å². The Labute approximate surface area is 152 Å². The van der Waals surface area contributed by atoms with Crippen LogP contribution >= 0.6 is 0 Å². The quantitative estimate of drug-likeness (QED) is 0.760. The van der Waals surface area contributed by atoms with E-state index in [0.717, 1.165) is 41.1 Å². The first-order valence-corrected chi connectivity index (χ1v) is 8.75. The third-order valence-electron chi connectivity index (χ3n) is 4.84. The predicted octanol–water partition coefficient (Wildman–Crippen LogP) is 3.53. The number of carbonyl (C=O) groups is 1. The molecule has 6 nitrogen and oxygen atoms in total. The number of methoxy groups -OCH3 is 1. The van der Waals surface area contributed by atoms with E-state index < -0.39 is 0 Å². The molecule has 0 bridgehead atoms. The molecule has 2 aromatic carbocycles. The molecule has 1 saturated heterocycles. The highest BCUT2D eigenvalue weighted by Crippen LogP contribution is 2.24. The predicted molar refractivity (Wildman–Crippen MR) is 104 cm³/mol. The zero-order chi connectivity index (χ0) is 17.9. The lowest BCUT2D eigenvalue weighted by Crippen LogP contribution is -2.50. The molecule has 2 heterocycles. The smallest absolute Gasteiger partial charge is 0.322 e. The first-order valence-electron chi connectivity index (χ1n) is 8.75. The number of para-hydroxylation sites is 1. The SMILES string of the molecule is COc1ccc(N2CCN(C(=O)Nc3c[nH]c4ccccc34)CC2)cc1. The van der Waals surface area contributed by atoms with Crippen LogP contribution in [0.1, 0.15) is 0 Å². The van der Waals surface area contributed by atoms with Crippen LogP contribution in [0.5, 0.6) is 5.75 Å². The lowest BCUT2D eigenvalue weighted by Gasteiger charge is -2.36. The standard InChI is InChI=1S/C20H22N4O2/c1-26-16-8-6-15(7-9-16)23-10-12-24(13-11-23)20(25)22-19-14-21-18-5-3-2-4-17(18)19/h2-9,14,21H,10-13H2,1H3,(H,22,25). The number of anilines is 2. The minimum Gasteiger partial charge on any atom is -0.497 e. The molecule has 0 unspecified atom stereocenters. The average Bonchev–Trinajstić information content (AvgIpc) is 3.11. The number of rotatable bonds is 3. The summed E-state index contributed by atoms with van der Waals surface area (Å²) in [5.41, 5.74) is 3.00. The largest absolute Gasteiger partial charge is 0.497 e. The number of ether oxygens (including phenoxy) is 1. The molecule has 2 N–H and O–H groups in total. The fraction of sp³-hybridized carbons (Fsp3) is 0.250. The summed E-state index contributed by atoms with van der Waals surface area (Å²) in [5.74, 6) is 0.852. The van der Waals surface area contributed by atoms with Crippen molar-refractivity contribution >= 4 is 28.3 Å². The Morgan fingerprint density at radius 2 is 1.77 bits per heavy atom. The van der Waals surface area contributed by atoms with Gasteiger partial charge in [-0.15, -0.1) is 0 Å². The molecule has 0 saturated carbocycles. The molecule has 6 heteroatoms. The number of fused-ring (bicyclic) bond motifs is 1. The molecule has 1 fully saturated rings. The molecule has 0 atom stereocenters. The van der Waals surface area contributed by atoms with Crippen LogP contribution in [0.25, 0.3) is 10.9 Å². The van der Waals surface area contributed by atoms with E-state index in [0.29, 0.717) is 13.1 Å². The van der Waals surface area contributed by atoms with Crippen LogP contribution in [-0.4, -0.2) is 49.2 Å². The minimum absolute atomic E-state index is 0.0517. The second-order valence-electron chi connectivity index (χ2n) is 6.35. The summed E-state index contributed by atoms with van der Waals surface area (Å²) in [4.78, 5) is 19.9. The summed E-state index contributed by atoms with van der Waals surface area (Å²) in [5, 5.41) is 4.05. The summed E-state index contributed by atoms with van der Waals surface area (Å²) in [6.07, 6.45) is 1.84. The zero-order valence-electron chi connectivity index (χ0n) is 14.7. The number of hydrogen-bond acceptors (Lipinski definition) is 3. The normalized spacial score (nSPS) is 14.5. The number of aromatic amines is 1. The van der Waals surface area contributed by atoms with Crippen LogP contribution in [-0.2, 0) is 0 Å². The van der Waals surface area contributed by atoms with E-state index in [1.807, 2.05) is 47.5 Å². The van der Waals surface area contributed by atoms with Gasteiger partial charge in [0.1, 0.15) is 5.75 Å². The van der Waals surface area contributed by atoms with Gasteiger partial charge in [0.05, 0.1) is 12.8 Å². The van der Waals surface area contributed by atoms with Gasteiger partial charge in [-0.1, -0.05) is 18.2 Å². The van der Waals surface area contributed by atoms with Crippen molar-refractivity contribution in [3.63, 3.8) is 0 Å². The molecule has 1 aliphatic heterocycles. The molecular formula is C20H22N4O2. The molecule has 2 amide bonds. The lowest BCUT2D eigenvalue weighted by atomic mass is 10.2. The molecule has 4 rings (SSSR count). The Morgan fingerprint density at radius 3 is 2.50 bits per heavy atom. The van der Waals surface area contributed by atoms with Gasteiger partial charge in [-0.3, -0.25) is 0 Å². The van der Waals surface area contributed by atoms with Crippen molar-refractivity contribution in [2.75, 3.05) is 43.5 Å². The third-order valence-corrected chi connectivity index (χ3v) is 4.84. The van der Waals surface area contributed by atoms with Gasteiger partial charge in [-0.05, 0) is 30.3 Å². The van der Waals surface area contributed by atoms with E-state index in [2.05, 4.69) is 27.3 Å². The van der Waals surface area contributed by atoms with Crippen LogP contribution in [0.4, 0.5) is 16.2 Å². The van der Waals surface area contributed by atoms with Crippen molar-refractivity contribution in [1.82, 2.24) is 9.88 Å². The van der Waals surface area contributed by atoms with Crippen molar-refractivity contribution in [1.29, 1.82) is 0 Å². The molecule has 26 heavy (non-hydrogen) atoms. The molecule has 0 radical (unpaired) electrons. The van der Waals surface area contributed by atoms with Crippen LogP contribution in [0.3, 0.4) is 0 Å². The van der Waals surface area contributed by atoms with E-state index in [1.54, 1.807) is 7.11 Å². The topological polar surface area (TPSA) is 60.6 Å². The van der Waals surface area contributed by atoms with E-state index in [9.17, 15) is 4.79 Å². The summed E-state index contributed by atoms with van der Waals surface area (Å²) >= 11 is 0. The average molecular weight is 350 g/mol. The number of amides is 2. The molecule has 134 valence electrons. The fourth-order valence-electron chi connectivity index (χ4n) is 3.33. The minimum atomic E-state index is -0.0517. The van der Waals surface area contributed by atoms with Gasteiger partial charge < -0.3 is 24.8 Å². The molecule has 0 spiro atoms. The molecule has 3 aromatic rings. The highest BCUT2D eigenvalue weighted by atomic mass is 16.5. The number of urea groups is 1. The van der Waals surface area contributed by atoms with Gasteiger partial charge in [-0.25, -0.2) is 4.79 Å². The maximum Gasteiger partial charge on any atom is 0.322 e. The fourth-order valence-corrected chi connectivity index (χ4v) is 3.33. The number of carbonyl (C=O) groups excluding carboxylic acids is 1. The third kappa shape index (κ3) is 3.18. The number of piperazine rings is 1. The van der Waals surface area contributed by atoms with E-state index in [4.69, 9.17) is 4.74 Å². The van der Waals surface area contributed by atoms with Gasteiger partial charge in [0.2, 0.25) is 0 Å². The number of nitrogens with zero attached hydrogens (tertiary/aromatic N) is 2. The van der Waals surface area contributed by atoms with Crippen molar-refractivity contribution in [2.24, 2.45) is 0 Å². The molecule has 1 aromatic heterocycles. The molecular weight excluding hydrogens is 328 g/mol. The number of nitrogens with one attached hydrogen (secondary N) is 2. The summed E-state index contributed by atoms with van der Waals surface area (Å²) in [7, 11) is 1.67. The number of aromatic nitrogens is 1. The van der Waals surface area contributed by atoms with Crippen molar-refractivity contribution in [2.45, 2.75) is 0 Å². The Balaban J connectivity index is 1.37. The van der Waals surface area contributed by atoms with Crippen LogP contribution in [0.15, 0.2) is 54.7 Å². The first-order chi connectivity index (χ1) is 12.7. The van der Waals surface area contributed by atoms with E-state index in [-0.39, 0.29) is 6.03 Å². The summed E-state index contributed by atoms with van der Waals surface area (Å²) in [6.45, 7) is 3.02. The van der Waals surface area contributed by atoms with Crippen molar-refractivity contribution in [3.8, 4) is 5.75 Å². The van der Waals surface area contributed by atoms with Gasteiger partial charge in [-0.2, -0.15) is 0 Å². The molecule has 1 aliphatic rings. The summed E-state index contributed by atoms with van der Waals surface area (Å²) in [6, 6.07) is 15.9. The van der Waals surface area contributed by atoms with Crippen LogP contribution in [0.2, 0.25) is 0 Å². The number of H-pyrrole nitrogens is 1. The first kappa shape index (κ1) is 16.3. The highest BCUT2D eigenvalue weighted by molar-refractivity contribution is 6.01. The Hall–Kier alpha value is -3.15. The van der Waals surface area contributed by atoms with Gasteiger partial charge in [0.25, 0.3) is 0 Å².